The normalized spacial score (nSPS) is 10.1. The molecule has 0 bridgehead atoms. The number of hydrogen-bond acceptors (Lipinski definition) is 5. The molecular weight excluding hydrogens is 232 g/mol. The maximum Gasteiger partial charge on any atom is 0.345 e. The molecule has 2 heterocycles. The van der Waals surface area contributed by atoms with Crippen molar-refractivity contribution in [3.63, 3.8) is 0 Å². The molecule has 0 atom stereocenters. The second-order valence-electron chi connectivity index (χ2n) is 2.59. The van der Waals surface area contributed by atoms with Crippen LogP contribution >= 0.6 is 23.1 Å². The van der Waals surface area contributed by atoms with Crippen LogP contribution in [0, 0.1) is 0 Å². The number of hydrogen-bond donors (Lipinski definition) is 1. The molecule has 0 unspecified atom stereocenters. The van der Waals surface area contributed by atoms with E-state index in [1.54, 1.807) is 29.9 Å². The smallest absolute Gasteiger partial charge is 0.345 e. The van der Waals surface area contributed by atoms with Crippen molar-refractivity contribution in [3.8, 4) is 0 Å². The molecule has 0 saturated carbocycles. The van der Waals surface area contributed by atoms with Crippen molar-refractivity contribution >= 4 is 29.1 Å². The Morgan fingerprint density at radius 1 is 1.40 bits per heavy atom. The second-order valence-corrected chi connectivity index (χ2v) is 4.54. The Kier molecular flexibility index (Phi) is 2.98. The summed E-state index contributed by atoms with van der Waals surface area (Å²) in [7, 11) is 0. The van der Waals surface area contributed by atoms with E-state index in [1.165, 1.54) is 23.1 Å². The van der Waals surface area contributed by atoms with E-state index >= 15 is 0 Å². The Bertz CT molecular complexity index is 470. The van der Waals surface area contributed by atoms with Crippen LogP contribution in [0.4, 0.5) is 0 Å². The fraction of sp³-hybridized carbons (Fsp3) is 0. The zero-order valence-corrected chi connectivity index (χ0v) is 9.09. The monoisotopic (exact) mass is 238 g/mol. The summed E-state index contributed by atoms with van der Waals surface area (Å²) in [6.45, 7) is 0. The number of carbonyl (C=O) groups is 1. The molecule has 0 saturated heterocycles. The molecule has 0 aliphatic rings. The van der Waals surface area contributed by atoms with Gasteiger partial charge in [-0.15, -0.1) is 11.3 Å². The molecule has 4 nitrogen and oxygen atoms in total. The van der Waals surface area contributed by atoms with E-state index in [0.717, 1.165) is 4.90 Å². The van der Waals surface area contributed by atoms with Gasteiger partial charge in [-0.1, -0.05) is 0 Å². The van der Waals surface area contributed by atoms with Gasteiger partial charge in [0.25, 0.3) is 0 Å². The van der Waals surface area contributed by atoms with Crippen molar-refractivity contribution < 1.29 is 9.90 Å². The molecule has 15 heavy (non-hydrogen) atoms. The fourth-order valence-electron chi connectivity index (χ4n) is 0.928. The van der Waals surface area contributed by atoms with Crippen molar-refractivity contribution in [1.29, 1.82) is 0 Å². The summed E-state index contributed by atoms with van der Waals surface area (Å²) < 4.78 is 0. The van der Waals surface area contributed by atoms with Crippen molar-refractivity contribution in [2.45, 2.75) is 10.1 Å². The maximum atomic E-state index is 10.6. The molecule has 1 N–H and O–H groups in total. The number of aromatic carboxylic acids is 1. The molecule has 0 spiro atoms. The van der Waals surface area contributed by atoms with E-state index in [-0.39, 0.29) is 0 Å². The van der Waals surface area contributed by atoms with Crippen LogP contribution in [0.5, 0.6) is 0 Å². The molecule has 6 heteroatoms. The van der Waals surface area contributed by atoms with Crippen LogP contribution in [0.25, 0.3) is 0 Å². The molecule has 0 amide bonds. The highest BCUT2D eigenvalue weighted by Gasteiger charge is 2.08. The summed E-state index contributed by atoms with van der Waals surface area (Å²) in [5, 5.41) is 11.1. The van der Waals surface area contributed by atoms with Crippen molar-refractivity contribution in [1.82, 2.24) is 9.97 Å². The largest absolute Gasteiger partial charge is 0.477 e. The Balaban J connectivity index is 2.15. The van der Waals surface area contributed by atoms with Crippen LogP contribution < -0.4 is 0 Å². The third kappa shape index (κ3) is 2.54. The number of thiophene rings is 1. The van der Waals surface area contributed by atoms with Gasteiger partial charge in [0, 0.05) is 22.7 Å². The number of rotatable bonds is 3. The summed E-state index contributed by atoms with van der Waals surface area (Å²) in [4.78, 5) is 19.9. The average Bonchev–Trinajstić information content (AvgIpc) is 2.68. The number of nitrogens with zero attached hydrogens (tertiary/aromatic N) is 2. The van der Waals surface area contributed by atoms with Crippen molar-refractivity contribution in [2.24, 2.45) is 0 Å². The summed E-state index contributed by atoms with van der Waals surface area (Å²) in [6.07, 6.45) is 3.31. The first-order valence-electron chi connectivity index (χ1n) is 4.02. The third-order valence-corrected chi connectivity index (χ3v) is 3.47. The zero-order chi connectivity index (χ0) is 10.7. The minimum atomic E-state index is -0.902. The van der Waals surface area contributed by atoms with Gasteiger partial charge in [-0.2, -0.15) is 0 Å². The van der Waals surface area contributed by atoms with Crippen LogP contribution in [-0.4, -0.2) is 21.0 Å². The van der Waals surface area contributed by atoms with E-state index in [1.807, 2.05) is 0 Å². The summed E-state index contributed by atoms with van der Waals surface area (Å²) in [6, 6.07) is 3.36. The van der Waals surface area contributed by atoms with Gasteiger partial charge in [0.2, 0.25) is 0 Å². The molecule has 0 aliphatic carbocycles. The predicted molar refractivity (Wildman–Crippen MR) is 57.4 cm³/mol. The van der Waals surface area contributed by atoms with Crippen molar-refractivity contribution in [3.05, 3.63) is 34.8 Å². The van der Waals surface area contributed by atoms with E-state index in [0.29, 0.717) is 10.0 Å². The molecule has 2 rings (SSSR count). The highest BCUT2D eigenvalue weighted by atomic mass is 32.2. The standard InChI is InChI=1S/C9H6N2O2S2/c12-8(13)7-4-6(5-14-7)15-9-10-2-1-3-11-9/h1-5H,(H,12,13). The first-order valence-corrected chi connectivity index (χ1v) is 5.72. The zero-order valence-electron chi connectivity index (χ0n) is 7.45. The number of carboxylic acid groups (broad SMARTS) is 1. The molecule has 2 aromatic rings. The van der Waals surface area contributed by atoms with Crippen LogP contribution in [0.1, 0.15) is 9.67 Å². The molecule has 0 aromatic carbocycles. The number of aromatic nitrogens is 2. The van der Waals surface area contributed by atoms with E-state index < -0.39 is 5.97 Å². The highest BCUT2D eigenvalue weighted by Crippen LogP contribution is 2.28. The molecule has 76 valence electrons. The summed E-state index contributed by atoms with van der Waals surface area (Å²) in [5.74, 6) is -0.902. The fourth-order valence-corrected chi connectivity index (χ4v) is 2.56. The minimum Gasteiger partial charge on any atom is -0.477 e. The Labute approximate surface area is 94.0 Å². The van der Waals surface area contributed by atoms with Crippen molar-refractivity contribution in [2.75, 3.05) is 0 Å². The Hall–Kier alpha value is -1.40. The highest BCUT2D eigenvalue weighted by molar-refractivity contribution is 7.99. The third-order valence-electron chi connectivity index (χ3n) is 1.54. The lowest BCUT2D eigenvalue weighted by Crippen LogP contribution is -1.89. The number of carboxylic acids is 1. The van der Waals surface area contributed by atoms with E-state index in [2.05, 4.69) is 9.97 Å². The lowest BCUT2D eigenvalue weighted by atomic mass is 10.5. The first kappa shape index (κ1) is 10.1. The quantitative estimate of drug-likeness (QED) is 0.832. The van der Waals surface area contributed by atoms with Gasteiger partial charge >= 0.3 is 5.97 Å². The lowest BCUT2D eigenvalue weighted by molar-refractivity contribution is 0.0702. The molecule has 0 fully saturated rings. The van der Waals surface area contributed by atoms with E-state index in [4.69, 9.17) is 5.11 Å². The van der Waals surface area contributed by atoms with Gasteiger partial charge in [-0.25, -0.2) is 14.8 Å². The Morgan fingerprint density at radius 3 is 2.73 bits per heavy atom. The minimum absolute atomic E-state index is 0.327. The average molecular weight is 238 g/mol. The molecule has 0 aliphatic heterocycles. The van der Waals surface area contributed by atoms with Crippen LogP contribution in [0.15, 0.2) is 40.0 Å². The van der Waals surface area contributed by atoms with Gasteiger partial charge in [-0.05, 0) is 23.9 Å². The SMILES string of the molecule is O=C(O)c1cc(Sc2ncccn2)cs1. The van der Waals surface area contributed by atoms with Crippen LogP contribution in [0.3, 0.4) is 0 Å². The summed E-state index contributed by atoms with van der Waals surface area (Å²) in [5.41, 5.74) is 0. The molecule has 0 radical (unpaired) electrons. The molecule has 2 aromatic heterocycles. The summed E-state index contributed by atoms with van der Waals surface area (Å²) >= 11 is 2.55. The van der Waals surface area contributed by atoms with Gasteiger partial charge in [-0.3, -0.25) is 0 Å². The second kappa shape index (κ2) is 4.41. The van der Waals surface area contributed by atoms with E-state index in [9.17, 15) is 4.79 Å². The van der Waals surface area contributed by atoms with Gasteiger partial charge < -0.3 is 5.11 Å². The first-order chi connectivity index (χ1) is 7.25. The predicted octanol–water partition coefficient (Wildman–Crippen LogP) is 2.39. The van der Waals surface area contributed by atoms with Gasteiger partial charge in [0.15, 0.2) is 5.16 Å². The Morgan fingerprint density at radius 2 is 2.13 bits per heavy atom. The topological polar surface area (TPSA) is 63.1 Å². The maximum absolute atomic E-state index is 10.6. The van der Waals surface area contributed by atoms with Gasteiger partial charge in [0.05, 0.1) is 0 Å². The van der Waals surface area contributed by atoms with Crippen LogP contribution in [-0.2, 0) is 0 Å². The van der Waals surface area contributed by atoms with Crippen LogP contribution in [0.2, 0.25) is 0 Å². The van der Waals surface area contributed by atoms with Gasteiger partial charge in [0.1, 0.15) is 4.88 Å². The molecular formula is C9H6N2O2S2. The lowest BCUT2D eigenvalue weighted by Gasteiger charge is -1.93.